The Labute approximate surface area is 277 Å². The summed E-state index contributed by atoms with van der Waals surface area (Å²) in [6.45, 7) is 8.44. The molecule has 1 spiro atoms. The van der Waals surface area contributed by atoms with Crippen molar-refractivity contribution in [2.75, 3.05) is 38.3 Å². The summed E-state index contributed by atoms with van der Waals surface area (Å²) in [6.07, 6.45) is 10.9. The molecule has 2 bridgehead atoms. The van der Waals surface area contributed by atoms with E-state index in [-0.39, 0.29) is 29.6 Å². The number of allylic oxidation sites excluding steroid dienone is 1. The van der Waals surface area contributed by atoms with Crippen LogP contribution in [-0.4, -0.2) is 72.4 Å². The van der Waals surface area contributed by atoms with Crippen LogP contribution in [0.25, 0.3) is 17.0 Å². The molecule has 1 unspecified atom stereocenters. The van der Waals surface area contributed by atoms with E-state index in [1.54, 1.807) is 7.11 Å². The molecule has 0 radical (unpaired) electrons. The van der Waals surface area contributed by atoms with Crippen LogP contribution in [-0.2, 0) is 19.7 Å². The maximum Gasteiger partial charge on any atom is 0.313 e. The zero-order valence-electron chi connectivity index (χ0n) is 27.8. The number of piperidine rings is 2. The molecule has 7 heterocycles. The molecule has 7 nitrogen and oxygen atoms in total. The van der Waals surface area contributed by atoms with E-state index in [1.807, 2.05) is 0 Å². The normalized spacial score (nSPS) is 37.8. The van der Waals surface area contributed by atoms with E-state index in [0.29, 0.717) is 29.8 Å². The molecule has 10 atom stereocenters. The number of carbonyl (C=O) groups excluding carboxylic acids is 1. The van der Waals surface area contributed by atoms with Crippen LogP contribution in [0.3, 0.4) is 0 Å². The van der Waals surface area contributed by atoms with Gasteiger partial charge < -0.3 is 24.3 Å². The maximum absolute atomic E-state index is 14.3. The van der Waals surface area contributed by atoms with Gasteiger partial charge in [0.1, 0.15) is 12.1 Å². The van der Waals surface area contributed by atoms with Crippen molar-refractivity contribution >= 4 is 28.6 Å². The summed E-state index contributed by atoms with van der Waals surface area (Å²) in [6, 6.07) is 18.8. The highest BCUT2D eigenvalue weighted by Crippen LogP contribution is 2.65. The van der Waals surface area contributed by atoms with Crippen LogP contribution >= 0.6 is 0 Å². The topological polar surface area (TPSA) is 61.0 Å². The second kappa shape index (κ2) is 10.2. The number of aromatic amines is 1. The van der Waals surface area contributed by atoms with E-state index in [2.05, 4.69) is 100 Å². The van der Waals surface area contributed by atoms with E-state index < -0.39 is 5.92 Å². The first-order valence-corrected chi connectivity index (χ1v) is 18.1. The summed E-state index contributed by atoms with van der Waals surface area (Å²) >= 11 is 0. The van der Waals surface area contributed by atoms with Crippen LogP contribution in [0.15, 0.2) is 66.4 Å². The third-order valence-corrected chi connectivity index (χ3v) is 14.0. The Hall–Kier alpha value is -3.55. The summed E-state index contributed by atoms with van der Waals surface area (Å²) < 4.78 is 12.9. The van der Waals surface area contributed by atoms with Crippen molar-refractivity contribution in [2.24, 2.45) is 29.6 Å². The Bertz CT molecular complexity index is 1830. The van der Waals surface area contributed by atoms with Crippen molar-refractivity contribution in [3.63, 3.8) is 0 Å². The molecule has 0 amide bonds. The molecule has 4 saturated heterocycles. The monoisotopic (exact) mass is 630 g/mol. The molecule has 1 N–H and O–H groups in total. The molecule has 1 saturated carbocycles. The second-order valence-corrected chi connectivity index (χ2v) is 15.4. The number of fused-ring (bicyclic) bond motifs is 9. The number of carbonyl (C=O) groups is 1. The van der Waals surface area contributed by atoms with E-state index in [4.69, 9.17) is 9.47 Å². The predicted octanol–water partition coefficient (Wildman–Crippen LogP) is 6.48. The maximum atomic E-state index is 14.3. The van der Waals surface area contributed by atoms with E-state index >= 15 is 0 Å². The summed E-state index contributed by atoms with van der Waals surface area (Å²) in [7, 11) is 1.57. The van der Waals surface area contributed by atoms with Crippen LogP contribution < -0.4 is 4.90 Å². The van der Waals surface area contributed by atoms with Gasteiger partial charge in [-0.1, -0.05) is 61.4 Å². The average molecular weight is 631 g/mol. The zero-order valence-corrected chi connectivity index (χ0v) is 27.8. The van der Waals surface area contributed by atoms with Crippen molar-refractivity contribution < 1.29 is 14.3 Å². The lowest BCUT2D eigenvalue weighted by molar-refractivity contribution is -0.165. The minimum Gasteiger partial charge on any atom is -0.469 e. The summed E-state index contributed by atoms with van der Waals surface area (Å²) in [5.41, 5.74) is 7.88. The molecular weight excluding hydrogens is 584 g/mol. The lowest BCUT2D eigenvalue weighted by Gasteiger charge is -2.61. The van der Waals surface area contributed by atoms with Gasteiger partial charge in [0.05, 0.1) is 19.8 Å². The lowest BCUT2D eigenvalue weighted by atomic mass is 9.54. The van der Waals surface area contributed by atoms with Crippen LogP contribution in [0.5, 0.6) is 0 Å². The molecule has 2 aromatic carbocycles. The first kappa shape index (κ1) is 28.5. The average Bonchev–Trinajstić information content (AvgIpc) is 3.80. The first-order valence-electron chi connectivity index (χ1n) is 18.1. The fraction of sp³-hybridized carbons (Fsp3) is 0.525. The molecule has 10 rings (SSSR count). The SMILES string of the molecule is CC=C1CN2C=Cc3c([nH]c4ccccc34)C2C[C@@H]1[C@@H](C(=O)OC)[C@@H]1OC[C@H]2[C@H]3C[C@@H]4N(CC[C@@]45c4ccccc4N1[C@@H]25)C[C@H]3CC. The number of ether oxygens (including phenoxy) is 2. The number of nitrogens with one attached hydrogen (secondary N) is 1. The van der Waals surface area contributed by atoms with Crippen LogP contribution in [0.2, 0.25) is 0 Å². The molecule has 7 aliphatic rings. The number of esters is 1. The van der Waals surface area contributed by atoms with Gasteiger partial charge in [0, 0.05) is 76.5 Å². The van der Waals surface area contributed by atoms with Gasteiger partial charge in [-0.25, -0.2) is 0 Å². The van der Waals surface area contributed by atoms with Crippen molar-refractivity contribution in [3.05, 3.63) is 83.2 Å². The number of benzene rings is 2. The Morgan fingerprint density at radius 2 is 2.00 bits per heavy atom. The number of methoxy groups -OCH3 is 1. The smallest absolute Gasteiger partial charge is 0.313 e. The Balaban J connectivity index is 1.09. The molecule has 1 aromatic heterocycles. The Kier molecular flexibility index (Phi) is 6.19. The van der Waals surface area contributed by atoms with Crippen molar-refractivity contribution in [3.8, 4) is 0 Å². The number of hydrogen-bond acceptors (Lipinski definition) is 6. The number of nitrogens with zero attached hydrogens (tertiary/aromatic N) is 3. The molecule has 47 heavy (non-hydrogen) atoms. The van der Waals surface area contributed by atoms with Crippen molar-refractivity contribution in [1.82, 2.24) is 14.8 Å². The largest absolute Gasteiger partial charge is 0.469 e. The van der Waals surface area contributed by atoms with Gasteiger partial charge in [0.2, 0.25) is 0 Å². The molecule has 7 heteroatoms. The van der Waals surface area contributed by atoms with E-state index in [9.17, 15) is 4.79 Å². The second-order valence-electron chi connectivity index (χ2n) is 15.4. The quantitative estimate of drug-likeness (QED) is 0.263. The Morgan fingerprint density at radius 1 is 1.15 bits per heavy atom. The van der Waals surface area contributed by atoms with E-state index in [0.717, 1.165) is 19.6 Å². The molecule has 244 valence electrons. The number of para-hydroxylation sites is 2. The molecule has 3 aromatic rings. The van der Waals surface area contributed by atoms with Gasteiger partial charge in [-0.15, -0.1) is 0 Å². The van der Waals surface area contributed by atoms with Gasteiger partial charge in [0.25, 0.3) is 0 Å². The first-order chi connectivity index (χ1) is 23.1. The van der Waals surface area contributed by atoms with Gasteiger partial charge >= 0.3 is 5.97 Å². The highest BCUT2D eigenvalue weighted by Gasteiger charge is 2.70. The van der Waals surface area contributed by atoms with Gasteiger partial charge in [-0.2, -0.15) is 0 Å². The summed E-state index contributed by atoms with van der Waals surface area (Å²) in [5.74, 6) is 1.25. The Morgan fingerprint density at radius 3 is 2.85 bits per heavy atom. The number of anilines is 1. The fourth-order valence-corrected chi connectivity index (χ4v) is 12.1. The predicted molar refractivity (Wildman–Crippen MR) is 184 cm³/mol. The fourth-order valence-electron chi connectivity index (χ4n) is 12.1. The molecule has 5 fully saturated rings. The standard InChI is InChI=1S/C40H46N4O3/c1-4-23-21-43-17-15-40-30-11-7-9-13-32(30)44-37(40)29(27(23)19-34(40)43)22-47-38(44)35(39(45)46-3)28-18-33-36-26(14-16-42(33)20-24(28)5-2)25-10-6-8-12-31(25)41-36/h5-14,16,23,27-29,33-35,37-38,41H,4,15,17-22H2,1-3H3/t23-,27+,28+,29+,33?,34+,35-,37+,38+,40-/m1/s1. The number of rotatable bonds is 4. The molecular formula is C40H46N4O3. The minimum atomic E-state index is -0.433. The summed E-state index contributed by atoms with van der Waals surface area (Å²) in [4.78, 5) is 26.0. The highest BCUT2D eigenvalue weighted by atomic mass is 16.5. The van der Waals surface area contributed by atoms with Gasteiger partial charge in [0.15, 0.2) is 0 Å². The molecule has 1 aliphatic carbocycles. The molecule has 6 aliphatic heterocycles. The van der Waals surface area contributed by atoms with Gasteiger partial charge in [-0.05, 0) is 68.3 Å². The van der Waals surface area contributed by atoms with Crippen molar-refractivity contribution in [1.29, 1.82) is 0 Å². The van der Waals surface area contributed by atoms with Crippen molar-refractivity contribution in [2.45, 2.75) is 69.3 Å². The zero-order chi connectivity index (χ0) is 31.6. The van der Waals surface area contributed by atoms with Gasteiger partial charge in [-0.3, -0.25) is 9.69 Å². The number of hydrogen-bond donors (Lipinski definition) is 1. The third-order valence-electron chi connectivity index (χ3n) is 14.0. The van der Waals surface area contributed by atoms with E-state index in [1.165, 1.54) is 71.3 Å². The summed E-state index contributed by atoms with van der Waals surface area (Å²) in [5, 5.41) is 1.26. The highest BCUT2D eigenvalue weighted by molar-refractivity contribution is 5.91. The third kappa shape index (κ3) is 3.62. The minimum absolute atomic E-state index is 0.00344. The number of aromatic nitrogens is 1. The van der Waals surface area contributed by atoms with Crippen LogP contribution in [0, 0.1) is 29.6 Å². The van der Waals surface area contributed by atoms with Crippen LogP contribution in [0.4, 0.5) is 5.69 Å². The number of H-pyrrole nitrogens is 1. The lowest BCUT2D eigenvalue weighted by Crippen LogP contribution is -2.71. The van der Waals surface area contributed by atoms with Crippen LogP contribution in [0.1, 0.15) is 62.4 Å².